The molecule has 3 amide bonds. The molecule has 2 N–H and O–H groups in total. The normalized spacial score (nSPS) is 16.2. The molecule has 2 heterocycles. The van der Waals surface area contributed by atoms with Crippen LogP contribution in [0.1, 0.15) is 32.1 Å². The first-order chi connectivity index (χ1) is 14.5. The highest BCUT2D eigenvalue weighted by atomic mass is 16.5. The van der Waals surface area contributed by atoms with E-state index in [1.807, 2.05) is 56.3 Å². The Morgan fingerprint density at radius 3 is 2.73 bits per heavy atom. The predicted molar refractivity (Wildman–Crippen MR) is 113 cm³/mol. The Hall–Kier alpha value is -3.68. The van der Waals surface area contributed by atoms with Crippen molar-refractivity contribution >= 4 is 23.3 Å². The van der Waals surface area contributed by atoms with Crippen molar-refractivity contribution in [1.29, 1.82) is 0 Å². The van der Waals surface area contributed by atoms with Crippen molar-refractivity contribution in [3.05, 3.63) is 60.5 Å². The molecule has 1 unspecified atom stereocenters. The number of rotatable bonds is 5. The lowest BCUT2D eigenvalue weighted by atomic mass is 10.1. The number of urea groups is 1. The van der Waals surface area contributed by atoms with Gasteiger partial charge >= 0.3 is 6.03 Å². The monoisotopic (exact) mass is 405 g/mol. The lowest BCUT2D eigenvalue weighted by molar-refractivity contribution is -0.117. The SMILES string of the molecule is CC(C)NC(=O)Nc1cccc(-c2noc(C3CC(=O)N(c4ccccc4)C3)n2)c1. The molecule has 0 radical (unpaired) electrons. The zero-order chi connectivity index (χ0) is 21.1. The quantitative estimate of drug-likeness (QED) is 0.673. The summed E-state index contributed by atoms with van der Waals surface area (Å²) >= 11 is 0. The maximum atomic E-state index is 12.4. The number of anilines is 2. The molecule has 1 atom stereocenters. The largest absolute Gasteiger partial charge is 0.339 e. The molecule has 0 spiro atoms. The van der Waals surface area contributed by atoms with E-state index in [9.17, 15) is 9.59 Å². The van der Waals surface area contributed by atoms with Crippen molar-refractivity contribution in [2.75, 3.05) is 16.8 Å². The van der Waals surface area contributed by atoms with Crippen molar-refractivity contribution in [2.24, 2.45) is 0 Å². The number of aromatic nitrogens is 2. The topological polar surface area (TPSA) is 100 Å². The van der Waals surface area contributed by atoms with Crippen LogP contribution < -0.4 is 15.5 Å². The van der Waals surface area contributed by atoms with Crippen molar-refractivity contribution in [3.63, 3.8) is 0 Å². The molecule has 1 aliphatic rings. The minimum atomic E-state index is -0.276. The van der Waals surface area contributed by atoms with E-state index < -0.39 is 0 Å². The first-order valence-electron chi connectivity index (χ1n) is 9.86. The smallest absolute Gasteiger partial charge is 0.319 e. The van der Waals surface area contributed by atoms with Gasteiger partial charge in [-0.2, -0.15) is 4.98 Å². The van der Waals surface area contributed by atoms with E-state index in [2.05, 4.69) is 20.8 Å². The Bertz CT molecular complexity index is 1050. The van der Waals surface area contributed by atoms with Gasteiger partial charge in [0, 0.05) is 35.9 Å². The second kappa shape index (κ2) is 8.36. The third-order valence-electron chi connectivity index (χ3n) is 4.78. The Kier molecular flexibility index (Phi) is 5.47. The number of hydrogen-bond acceptors (Lipinski definition) is 5. The highest BCUT2D eigenvalue weighted by molar-refractivity contribution is 5.96. The average Bonchev–Trinajstić information content (AvgIpc) is 3.35. The third-order valence-corrected chi connectivity index (χ3v) is 4.78. The summed E-state index contributed by atoms with van der Waals surface area (Å²) in [6.07, 6.45) is 0.327. The van der Waals surface area contributed by atoms with E-state index in [0.717, 1.165) is 11.3 Å². The van der Waals surface area contributed by atoms with E-state index in [1.54, 1.807) is 17.0 Å². The summed E-state index contributed by atoms with van der Waals surface area (Å²) in [5.41, 5.74) is 2.21. The summed E-state index contributed by atoms with van der Waals surface area (Å²) in [5.74, 6) is 0.738. The van der Waals surface area contributed by atoms with Gasteiger partial charge in [-0.15, -0.1) is 0 Å². The zero-order valence-corrected chi connectivity index (χ0v) is 16.8. The highest BCUT2D eigenvalue weighted by Gasteiger charge is 2.35. The summed E-state index contributed by atoms with van der Waals surface area (Å²) < 4.78 is 5.47. The summed E-state index contributed by atoms with van der Waals surface area (Å²) in [4.78, 5) is 30.6. The Morgan fingerprint density at radius 1 is 1.17 bits per heavy atom. The molecule has 2 aromatic carbocycles. The summed E-state index contributed by atoms with van der Waals surface area (Å²) in [6, 6.07) is 16.5. The minimum Gasteiger partial charge on any atom is -0.339 e. The molecule has 8 nitrogen and oxygen atoms in total. The van der Waals surface area contributed by atoms with Gasteiger partial charge in [0.25, 0.3) is 0 Å². The molecule has 4 rings (SSSR count). The van der Waals surface area contributed by atoms with Gasteiger partial charge in [0.1, 0.15) is 0 Å². The number of benzene rings is 2. The van der Waals surface area contributed by atoms with Gasteiger partial charge in [-0.3, -0.25) is 4.79 Å². The molecule has 1 aliphatic heterocycles. The minimum absolute atomic E-state index is 0.0355. The zero-order valence-electron chi connectivity index (χ0n) is 16.8. The van der Waals surface area contributed by atoms with Crippen LogP contribution in [0.25, 0.3) is 11.4 Å². The van der Waals surface area contributed by atoms with Gasteiger partial charge in [0.2, 0.25) is 17.6 Å². The van der Waals surface area contributed by atoms with Crippen LogP contribution in [-0.4, -0.2) is 34.7 Å². The number of carbonyl (C=O) groups is 2. The standard InChI is InChI=1S/C22H23N5O3/c1-14(2)23-22(29)24-17-8-6-7-15(11-17)20-25-21(30-26-20)16-12-19(28)27(13-16)18-9-4-3-5-10-18/h3-11,14,16H,12-13H2,1-2H3,(H2,23,24,29). The predicted octanol–water partition coefficient (Wildman–Crippen LogP) is 3.79. The first-order valence-corrected chi connectivity index (χ1v) is 9.86. The van der Waals surface area contributed by atoms with Crippen LogP contribution in [0.4, 0.5) is 16.2 Å². The lowest BCUT2D eigenvalue weighted by Crippen LogP contribution is -2.34. The van der Waals surface area contributed by atoms with E-state index >= 15 is 0 Å². The van der Waals surface area contributed by atoms with Gasteiger partial charge in [-0.1, -0.05) is 35.5 Å². The maximum absolute atomic E-state index is 12.4. The molecule has 30 heavy (non-hydrogen) atoms. The molecule has 0 saturated carbocycles. The number of hydrogen-bond donors (Lipinski definition) is 2. The van der Waals surface area contributed by atoms with Gasteiger partial charge in [-0.05, 0) is 38.1 Å². The van der Waals surface area contributed by atoms with Crippen LogP contribution in [0.15, 0.2) is 59.1 Å². The molecule has 1 aromatic heterocycles. The molecule has 1 saturated heterocycles. The van der Waals surface area contributed by atoms with Crippen LogP contribution in [0.5, 0.6) is 0 Å². The number of nitrogens with one attached hydrogen (secondary N) is 2. The maximum Gasteiger partial charge on any atom is 0.319 e. The van der Waals surface area contributed by atoms with Crippen molar-refractivity contribution in [3.8, 4) is 11.4 Å². The number of carbonyl (C=O) groups excluding carboxylic acids is 2. The fourth-order valence-corrected chi connectivity index (χ4v) is 3.41. The fraction of sp³-hybridized carbons (Fsp3) is 0.273. The number of para-hydroxylation sites is 1. The van der Waals surface area contributed by atoms with Crippen LogP contribution in [0, 0.1) is 0 Å². The second-order valence-corrected chi connectivity index (χ2v) is 7.53. The van der Waals surface area contributed by atoms with Crippen molar-refractivity contribution in [2.45, 2.75) is 32.2 Å². The van der Waals surface area contributed by atoms with Crippen molar-refractivity contribution < 1.29 is 14.1 Å². The van der Waals surface area contributed by atoms with E-state index in [-0.39, 0.29) is 23.9 Å². The van der Waals surface area contributed by atoms with Crippen LogP contribution in [0.3, 0.4) is 0 Å². The molecule has 0 aliphatic carbocycles. The van der Waals surface area contributed by atoms with E-state index in [4.69, 9.17) is 4.52 Å². The molecular weight excluding hydrogens is 382 g/mol. The van der Waals surface area contributed by atoms with Gasteiger partial charge < -0.3 is 20.1 Å². The first kappa shape index (κ1) is 19.6. The summed E-state index contributed by atoms with van der Waals surface area (Å²) in [7, 11) is 0. The fourth-order valence-electron chi connectivity index (χ4n) is 3.41. The van der Waals surface area contributed by atoms with Crippen LogP contribution >= 0.6 is 0 Å². The van der Waals surface area contributed by atoms with Crippen molar-refractivity contribution in [1.82, 2.24) is 15.5 Å². The highest BCUT2D eigenvalue weighted by Crippen LogP contribution is 2.32. The molecule has 1 fully saturated rings. The average molecular weight is 405 g/mol. The Morgan fingerprint density at radius 2 is 1.97 bits per heavy atom. The van der Waals surface area contributed by atoms with E-state index in [0.29, 0.717) is 30.4 Å². The summed E-state index contributed by atoms with van der Waals surface area (Å²) in [6.45, 7) is 4.29. The Labute approximate surface area is 174 Å². The number of amides is 3. The second-order valence-electron chi connectivity index (χ2n) is 7.53. The number of nitrogens with zero attached hydrogens (tertiary/aromatic N) is 3. The molecule has 154 valence electrons. The van der Waals surface area contributed by atoms with Gasteiger partial charge in [-0.25, -0.2) is 4.79 Å². The summed E-state index contributed by atoms with van der Waals surface area (Å²) in [5, 5.41) is 9.64. The molecule has 3 aromatic rings. The van der Waals surface area contributed by atoms with Crippen LogP contribution in [-0.2, 0) is 4.79 Å². The van der Waals surface area contributed by atoms with Crippen LogP contribution in [0.2, 0.25) is 0 Å². The van der Waals surface area contributed by atoms with Gasteiger partial charge in [0.05, 0.1) is 5.92 Å². The molecular formula is C22H23N5O3. The lowest BCUT2D eigenvalue weighted by Gasteiger charge is -2.15. The Balaban J connectivity index is 1.48. The third kappa shape index (κ3) is 4.32. The molecule has 0 bridgehead atoms. The van der Waals surface area contributed by atoms with Gasteiger partial charge in [0.15, 0.2) is 0 Å². The molecule has 8 heteroatoms. The van der Waals surface area contributed by atoms with E-state index in [1.165, 1.54) is 0 Å².